The van der Waals surface area contributed by atoms with Gasteiger partial charge in [-0.05, 0) is 26.7 Å². The standard InChI is InChI=1S/C19H35N7O2.HI/c1-4-28-17-5-8-26(9-6-17)19(20-7-10-25-11-13-27-14-12-25)21-15-18-23-22-16(2)24(18)3;/h17H,4-15H2,1-3H3,(H,20,21);1H. The lowest BCUT2D eigenvalue weighted by Crippen LogP contribution is -2.49. The minimum atomic E-state index is 0. The summed E-state index contributed by atoms with van der Waals surface area (Å²) >= 11 is 0. The highest BCUT2D eigenvalue weighted by Gasteiger charge is 2.22. The minimum Gasteiger partial charge on any atom is -0.379 e. The van der Waals surface area contributed by atoms with E-state index in [1.165, 1.54) is 0 Å². The fourth-order valence-corrected chi connectivity index (χ4v) is 3.62. The first kappa shape index (κ1) is 24.3. The predicted molar refractivity (Wildman–Crippen MR) is 124 cm³/mol. The van der Waals surface area contributed by atoms with E-state index in [4.69, 9.17) is 14.5 Å². The van der Waals surface area contributed by atoms with Crippen LogP contribution in [0.2, 0.25) is 0 Å². The maximum absolute atomic E-state index is 5.79. The molecular formula is C19H36IN7O2. The second-order valence-electron chi connectivity index (χ2n) is 7.38. The summed E-state index contributed by atoms with van der Waals surface area (Å²) in [5.41, 5.74) is 0. The van der Waals surface area contributed by atoms with E-state index in [0.717, 1.165) is 89.5 Å². The number of piperidine rings is 1. The summed E-state index contributed by atoms with van der Waals surface area (Å²) in [6.45, 7) is 12.8. The lowest BCUT2D eigenvalue weighted by molar-refractivity contribution is 0.0261. The van der Waals surface area contributed by atoms with Crippen molar-refractivity contribution in [2.45, 2.75) is 39.3 Å². The molecule has 3 heterocycles. The fourth-order valence-electron chi connectivity index (χ4n) is 3.62. The molecule has 2 fully saturated rings. The van der Waals surface area contributed by atoms with Crippen molar-refractivity contribution in [3.05, 3.63) is 11.6 Å². The highest BCUT2D eigenvalue weighted by Crippen LogP contribution is 2.14. The number of guanidine groups is 1. The minimum absolute atomic E-state index is 0. The number of hydrogen-bond acceptors (Lipinski definition) is 6. The predicted octanol–water partition coefficient (Wildman–Crippen LogP) is 1.02. The molecule has 0 spiro atoms. The van der Waals surface area contributed by atoms with Crippen LogP contribution in [0.25, 0.3) is 0 Å². The maximum Gasteiger partial charge on any atom is 0.194 e. The molecular weight excluding hydrogens is 485 g/mol. The van der Waals surface area contributed by atoms with Crippen molar-refractivity contribution < 1.29 is 9.47 Å². The molecule has 0 saturated carbocycles. The number of aliphatic imine (C=N–C) groups is 1. The Morgan fingerprint density at radius 2 is 1.93 bits per heavy atom. The van der Waals surface area contributed by atoms with Gasteiger partial charge >= 0.3 is 0 Å². The Kier molecular flexibility index (Phi) is 10.6. The van der Waals surface area contributed by atoms with Crippen LogP contribution in [0.3, 0.4) is 0 Å². The third-order valence-electron chi connectivity index (χ3n) is 5.51. The average molecular weight is 521 g/mol. The zero-order chi connectivity index (χ0) is 19.8. The van der Waals surface area contributed by atoms with Crippen LogP contribution >= 0.6 is 24.0 Å². The zero-order valence-electron chi connectivity index (χ0n) is 18.0. The van der Waals surface area contributed by atoms with Crippen LogP contribution in [-0.4, -0.2) is 95.7 Å². The molecule has 3 rings (SSSR count). The molecule has 2 aliphatic heterocycles. The number of halogens is 1. The largest absolute Gasteiger partial charge is 0.379 e. The second kappa shape index (κ2) is 12.7. The summed E-state index contributed by atoms with van der Waals surface area (Å²) < 4.78 is 13.2. The Morgan fingerprint density at radius 3 is 2.55 bits per heavy atom. The molecule has 0 atom stereocenters. The van der Waals surface area contributed by atoms with Crippen LogP contribution in [-0.2, 0) is 23.1 Å². The molecule has 1 aromatic heterocycles. The summed E-state index contributed by atoms with van der Waals surface area (Å²) in [5, 5.41) is 12.0. The molecule has 10 heteroatoms. The van der Waals surface area contributed by atoms with E-state index < -0.39 is 0 Å². The first-order valence-corrected chi connectivity index (χ1v) is 10.5. The van der Waals surface area contributed by atoms with Crippen LogP contribution in [0.1, 0.15) is 31.4 Å². The summed E-state index contributed by atoms with van der Waals surface area (Å²) in [6, 6.07) is 0. The van der Waals surface area contributed by atoms with Gasteiger partial charge in [0.15, 0.2) is 11.8 Å². The first-order valence-electron chi connectivity index (χ1n) is 10.5. The van der Waals surface area contributed by atoms with Gasteiger partial charge in [-0.25, -0.2) is 4.99 Å². The lowest BCUT2D eigenvalue weighted by atomic mass is 10.1. The van der Waals surface area contributed by atoms with Crippen LogP contribution < -0.4 is 5.32 Å². The van der Waals surface area contributed by atoms with Gasteiger partial charge in [-0.1, -0.05) is 0 Å². The molecule has 2 saturated heterocycles. The van der Waals surface area contributed by atoms with Gasteiger partial charge in [0.25, 0.3) is 0 Å². The van der Waals surface area contributed by atoms with Crippen LogP contribution in [0.4, 0.5) is 0 Å². The van der Waals surface area contributed by atoms with E-state index in [-0.39, 0.29) is 24.0 Å². The van der Waals surface area contributed by atoms with Crippen molar-refractivity contribution in [2.75, 3.05) is 59.1 Å². The second-order valence-corrected chi connectivity index (χ2v) is 7.38. The topological polar surface area (TPSA) is 80.0 Å². The Labute approximate surface area is 191 Å². The number of rotatable bonds is 7. The van der Waals surface area contributed by atoms with E-state index in [9.17, 15) is 0 Å². The lowest BCUT2D eigenvalue weighted by Gasteiger charge is -2.34. The summed E-state index contributed by atoms with van der Waals surface area (Å²) in [7, 11) is 1.99. The number of morpholine rings is 1. The molecule has 0 aliphatic carbocycles. The van der Waals surface area contributed by atoms with Gasteiger partial charge in [-0.2, -0.15) is 0 Å². The maximum atomic E-state index is 5.79. The molecule has 0 bridgehead atoms. The van der Waals surface area contributed by atoms with Gasteiger partial charge < -0.3 is 24.3 Å². The van der Waals surface area contributed by atoms with Gasteiger partial charge in [-0.3, -0.25) is 4.90 Å². The molecule has 29 heavy (non-hydrogen) atoms. The third-order valence-corrected chi connectivity index (χ3v) is 5.51. The van der Waals surface area contributed by atoms with Crippen LogP contribution in [0.15, 0.2) is 4.99 Å². The van der Waals surface area contributed by atoms with Gasteiger partial charge in [-0.15, -0.1) is 34.2 Å². The quantitative estimate of drug-likeness (QED) is 0.326. The number of aryl methyl sites for hydroxylation is 1. The van der Waals surface area contributed by atoms with Crippen LogP contribution in [0, 0.1) is 6.92 Å². The SMILES string of the molecule is CCOC1CCN(C(=NCc2nnc(C)n2C)NCCN2CCOCC2)CC1.I. The number of likely N-dealkylation sites (tertiary alicyclic amines) is 1. The van der Waals surface area contributed by atoms with Crippen molar-refractivity contribution >= 4 is 29.9 Å². The molecule has 0 amide bonds. The number of aromatic nitrogens is 3. The zero-order valence-corrected chi connectivity index (χ0v) is 20.3. The Morgan fingerprint density at radius 1 is 1.21 bits per heavy atom. The molecule has 1 N–H and O–H groups in total. The van der Waals surface area contributed by atoms with Crippen molar-refractivity contribution in [1.29, 1.82) is 0 Å². The molecule has 0 aromatic carbocycles. The highest BCUT2D eigenvalue weighted by molar-refractivity contribution is 14.0. The molecule has 1 aromatic rings. The van der Waals surface area contributed by atoms with Gasteiger partial charge in [0.05, 0.1) is 19.3 Å². The molecule has 0 radical (unpaired) electrons. The third kappa shape index (κ3) is 7.34. The average Bonchev–Trinajstić information content (AvgIpc) is 3.04. The van der Waals surface area contributed by atoms with E-state index in [0.29, 0.717) is 12.6 Å². The molecule has 0 unspecified atom stereocenters. The fraction of sp³-hybridized carbons (Fsp3) is 0.842. The van der Waals surface area contributed by atoms with Crippen molar-refractivity contribution in [3.63, 3.8) is 0 Å². The number of nitrogens with zero attached hydrogens (tertiary/aromatic N) is 6. The first-order chi connectivity index (χ1) is 13.7. The Balaban J connectivity index is 0.00000300. The Hall–Kier alpha value is -0.980. The monoisotopic (exact) mass is 521 g/mol. The van der Waals surface area contributed by atoms with E-state index in [1.54, 1.807) is 0 Å². The van der Waals surface area contributed by atoms with Crippen molar-refractivity contribution in [2.24, 2.45) is 12.0 Å². The summed E-state index contributed by atoms with van der Waals surface area (Å²) in [6.07, 6.45) is 2.46. The molecule has 2 aliphatic rings. The number of ether oxygens (including phenoxy) is 2. The summed E-state index contributed by atoms with van der Waals surface area (Å²) in [5.74, 6) is 2.75. The molecule has 166 valence electrons. The van der Waals surface area contributed by atoms with Gasteiger partial charge in [0.2, 0.25) is 0 Å². The number of nitrogens with one attached hydrogen (secondary N) is 1. The van der Waals surface area contributed by atoms with Gasteiger partial charge in [0.1, 0.15) is 12.4 Å². The van der Waals surface area contributed by atoms with E-state index in [1.807, 2.05) is 18.5 Å². The van der Waals surface area contributed by atoms with Crippen molar-refractivity contribution in [3.8, 4) is 0 Å². The van der Waals surface area contributed by atoms with E-state index >= 15 is 0 Å². The van der Waals surface area contributed by atoms with E-state index in [2.05, 4.69) is 32.2 Å². The molecule has 9 nitrogen and oxygen atoms in total. The van der Waals surface area contributed by atoms with Gasteiger partial charge in [0, 0.05) is 52.9 Å². The normalized spacial score (nSPS) is 19.3. The number of hydrogen-bond donors (Lipinski definition) is 1. The Bertz CT molecular complexity index is 626. The smallest absolute Gasteiger partial charge is 0.194 e. The van der Waals surface area contributed by atoms with Crippen molar-refractivity contribution in [1.82, 2.24) is 29.9 Å². The van der Waals surface area contributed by atoms with Crippen LogP contribution in [0.5, 0.6) is 0 Å². The summed E-state index contributed by atoms with van der Waals surface area (Å²) in [4.78, 5) is 9.65. The highest BCUT2D eigenvalue weighted by atomic mass is 127.